The number of carboxylic acid groups (broad SMARTS) is 1. The van der Waals surface area contributed by atoms with Gasteiger partial charge in [-0.15, -0.1) is 0 Å². The third kappa shape index (κ3) is 3.47. The lowest BCUT2D eigenvalue weighted by Crippen LogP contribution is -2.54. The summed E-state index contributed by atoms with van der Waals surface area (Å²) in [7, 11) is 0. The summed E-state index contributed by atoms with van der Waals surface area (Å²) in [5.74, 6) is -0.713. The van der Waals surface area contributed by atoms with Crippen molar-refractivity contribution in [1.29, 1.82) is 0 Å². The first-order valence-electron chi connectivity index (χ1n) is 5.57. The predicted octanol–water partition coefficient (Wildman–Crippen LogP) is 1.35. The van der Waals surface area contributed by atoms with Gasteiger partial charge in [0.15, 0.2) is 0 Å². The summed E-state index contributed by atoms with van der Waals surface area (Å²) in [6, 6.07) is -0.349. The van der Waals surface area contributed by atoms with Crippen molar-refractivity contribution in [2.24, 2.45) is 0 Å². The minimum absolute atomic E-state index is 0.223. The highest BCUT2D eigenvalue weighted by Crippen LogP contribution is 2.20. The average molecular weight is 215 g/mol. The third-order valence-corrected chi connectivity index (χ3v) is 2.74. The molecule has 4 nitrogen and oxygen atoms in total. The fourth-order valence-corrected chi connectivity index (χ4v) is 2.05. The monoisotopic (exact) mass is 215 g/mol. The molecular weight excluding hydrogens is 194 g/mol. The van der Waals surface area contributed by atoms with Crippen molar-refractivity contribution in [3.8, 4) is 0 Å². The minimum atomic E-state index is -0.713. The molecule has 0 aromatic rings. The Balaban J connectivity index is 2.63. The topological polar surface area (TPSA) is 49.8 Å². The molecule has 0 bridgehead atoms. The van der Waals surface area contributed by atoms with Crippen molar-refractivity contribution in [3.63, 3.8) is 0 Å². The number of hydrogen-bond acceptors (Lipinski definition) is 3. The lowest BCUT2D eigenvalue weighted by molar-refractivity contribution is -0.150. The summed E-state index contributed by atoms with van der Waals surface area (Å²) < 4.78 is 5.57. The molecule has 15 heavy (non-hydrogen) atoms. The Morgan fingerprint density at radius 1 is 1.60 bits per heavy atom. The highest BCUT2D eigenvalue weighted by Gasteiger charge is 2.33. The maximum atomic E-state index is 11.1. The Morgan fingerprint density at radius 2 is 2.27 bits per heavy atom. The zero-order chi connectivity index (χ0) is 11.5. The molecule has 1 heterocycles. The molecule has 1 fully saturated rings. The quantitative estimate of drug-likeness (QED) is 0.769. The van der Waals surface area contributed by atoms with Gasteiger partial charge in [-0.2, -0.15) is 0 Å². The van der Waals surface area contributed by atoms with Crippen LogP contribution in [0.15, 0.2) is 0 Å². The van der Waals surface area contributed by atoms with E-state index >= 15 is 0 Å². The van der Waals surface area contributed by atoms with Crippen molar-refractivity contribution in [3.05, 3.63) is 0 Å². The molecule has 1 N–H and O–H groups in total. The van der Waals surface area contributed by atoms with Gasteiger partial charge in [0.2, 0.25) is 0 Å². The summed E-state index contributed by atoms with van der Waals surface area (Å²) >= 11 is 0. The molecule has 1 atom stereocenters. The molecule has 0 aromatic carbocycles. The number of morpholine rings is 1. The molecule has 88 valence electrons. The lowest BCUT2D eigenvalue weighted by atomic mass is 10.0. The van der Waals surface area contributed by atoms with Crippen LogP contribution < -0.4 is 0 Å². The van der Waals surface area contributed by atoms with E-state index in [0.717, 1.165) is 13.0 Å². The molecular formula is C11H21NO3. The second-order valence-electron chi connectivity index (χ2n) is 4.72. The largest absolute Gasteiger partial charge is 0.480 e. The first-order chi connectivity index (χ1) is 6.96. The van der Waals surface area contributed by atoms with E-state index in [2.05, 4.69) is 0 Å². The van der Waals surface area contributed by atoms with Crippen LogP contribution in [0.3, 0.4) is 0 Å². The van der Waals surface area contributed by atoms with Gasteiger partial charge in [-0.1, -0.05) is 13.3 Å². The SMILES string of the molecule is CCCC(C(=O)O)N1CCOC(C)(C)C1. The van der Waals surface area contributed by atoms with Crippen molar-refractivity contribution in [2.75, 3.05) is 19.7 Å². The molecule has 0 radical (unpaired) electrons. The second kappa shape index (κ2) is 4.94. The fraction of sp³-hybridized carbons (Fsp3) is 0.909. The highest BCUT2D eigenvalue weighted by atomic mass is 16.5. The summed E-state index contributed by atoms with van der Waals surface area (Å²) in [5.41, 5.74) is -0.223. The maximum Gasteiger partial charge on any atom is 0.320 e. The Bertz CT molecular complexity index is 228. The first-order valence-corrected chi connectivity index (χ1v) is 5.57. The Hall–Kier alpha value is -0.610. The van der Waals surface area contributed by atoms with Gasteiger partial charge in [-0.25, -0.2) is 0 Å². The van der Waals surface area contributed by atoms with Crippen LogP contribution in [0, 0.1) is 0 Å². The van der Waals surface area contributed by atoms with Crippen LogP contribution in [0.4, 0.5) is 0 Å². The van der Waals surface area contributed by atoms with Gasteiger partial charge in [0.05, 0.1) is 12.2 Å². The third-order valence-electron chi connectivity index (χ3n) is 2.74. The van der Waals surface area contributed by atoms with E-state index in [9.17, 15) is 4.79 Å². The standard InChI is InChI=1S/C11H21NO3/c1-4-5-9(10(13)14)12-6-7-15-11(2,3)8-12/h9H,4-8H2,1-3H3,(H,13,14). The van der Waals surface area contributed by atoms with Crippen LogP contribution in [0.2, 0.25) is 0 Å². The smallest absolute Gasteiger partial charge is 0.320 e. The minimum Gasteiger partial charge on any atom is -0.480 e. The van der Waals surface area contributed by atoms with Crippen LogP contribution in [-0.4, -0.2) is 47.3 Å². The molecule has 1 unspecified atom stereocenters. The molecule has 1 saturated heterocycles. The molecule has 0 saturated carbocycles. The van der Waals surface area contributed by atoms with Crippen LogP contribution in [0.5, 0.6) is 0 Å². The molecule has 4 heteroatoms. The van der Waals surface area contributed by atoms with Crippen molar-refractivity contribution in [1.82, 2.24) is 4.90 Å². The van der Waals surface area contributed by atoms with Crippen LogP contribution in [0.1, 0.15) is 33.6 Å². The highest BCUT2D eigenvalue weighted by molar-refractivity contribution is 5.73. The Kier molecular flexibility index (Phi) is 4.11. The molecule has 0 amide bonds. The molecule has 0 spiro atoms. The second-order valence-corrected chi connectivity index (χ2v) is 4.72. The lowest BCUT2D eigenvalue weighted by Gasteiger charge is -2.40. The molecule has 0 aliphatic carbocycles. The van der Waals surface area contributed by atoms with Gasteiger partial charge in [0, 0.05) is 13.1 Å². The number of aliphatic carboxylic acids is 1. The Morgan fingerprint density at radius 3 is 2.73 bits per heavy atom. The van der Waals surface area contributed by atoms with E-state index in [1.807, 2.05) is 25.7 Å². The van der Waals surface area contributed by atoms with Crippen LogP contribution in [0.25, 0.3) is 0 Å². The zero-order valence-electron chi connectivity index (χ0n) is 9.82. The predicted molar refractivity (Wildman–Crippen MR) is 57.9 cm³/mol. The van der Waals surface area contributed by atoms with E-state index in [-0.39, 0.29) is 11.6 Å². The number of hydrogen-bond donors (Lipinski definition) is 1. The van der Waals surface area contributed by atoms with E-state index in [1.165, 1.54) is 0 Å². The van der Waals surface area contributed by atoms with Gasteiger partial charge in [0.25, 0.3) is 0 Å². The first kappa shape index (κ1) is 12.5. The van der Waals surface area contributed by atoms with Gasteiger partial charge in [-0.3, -0.25) is 9.69 Å². The average Bonchev–Trinajstić information content (AvgIpc) is 2.11. The fourth-order valence-electron chi connectivity index (χ4n) is 2.05. The normalized spacial score (nSPS) is 23.7. The van der Waals surface area contributed by atoms with Crippen molar-refractivity contribution >= 4 is 5.97 Å². The molecule has 1 rings (SSSR count). The number of ether oxygens (including phenoxy) is 1. The van der Waals surface area contributed by atoms with Gasteiger partial charge < -0.3 is 9.84 Å². The summed E-state index contributed by atoms with van der Waals surface area (Å²) in [6.07, 6.45) is 1.61. The zero-order valence-corrected chi connectivity index (χ0v) is 9.82. The molecule has 1 aliphatic heterocycles. The van der Waals surface area contributed by atoms with Crippen molar-refractivity contribution in [2.45, 2.75) is 45.3 Å². The summed E-state index contributed by atoms with van der Waals surface area (Å²) in [5, 5.41) is 9.14. The number of nitrogens with zero attached hydrogens (tertiary/aromatic N) is 1. The maximum absolute atomic E-state index is 11.1. The summed E-state index contributed by atoms with van der Waals surface area (Å²) in [6.45, 7) is 8.07. The van der Waals surface area contributed by atoms with Crippen LogP contribution >= 0.6 is 0 Å². The van der Waals surface area contributed by atoms with E-state index < -0.39 is 5.97 Å². The number of carbonyl (C=O) groups is 1. The van der Waals surface area contributed by atoms with Crippen LogP contribution in [-0.2, 0) is 9.53 Å². The van der Waals surface area contributed by atoms with Gasteiger partial charge in [-0.05, 0) is 20.3 Å². The molecule has 0 aromatic heterocycles. The van der Waals surface area contributed by atoms with Crippen molar-refractivity contribution < 1.29 is 14.6 Å². The molecule has 1 aliphatic rings. The van der Waals surface area contributed by atoms with E-state index in [4.69, 9.17) is 9.84 Å². The Labute approximate surface area is 91.2 Å². The van der Waals surface area contributed by atoms with E-state index in [0.29, 0.717) is 19.6 Å². The summed E-state index contributed by atoms with van der Waals surface area (Å²) in [4.78, 5) is 13.1. The van der Waals surface area contributed by atoms with Gasteiger partial charge in [0.1, 0.15) is 6.04 Å². The number of rotatable bonds is 4. The van der Waals surface area contributed by atoms with E-state index in [1.54, 1.807) is 0 Å². The van der Waals surface area contributed by atoms with Gasteiger partial charge >= 0.3 is 5.97 Å². The number of carboxylic acids is 1.